The van der Waals surface area contributed by atoms with Gasteiger partial charge in [-0.1, -0.05) is 73.8 Å². The Bertz CT molecular complexity index is 609. The molecule has 3 heteroatoms. The maximum atomic E-state index is 6.32. The highest BCUT2D eigenvalue weighted by atomic mass is 79.9. The van der Waals surface area contributed by atoms with Crippen LogP contribution in [0.4, 0.5) is 0 Å². The van der Waals surface area contributed by atoms with Crippen molar-refractivity contribution in [2.45, 2.75) is 17.7 Å². The summed E-state index contributed by atoms with van der Waals surface area (Å²) in [6, 6.07) is 14.8. The van der Waals surface area contributed by atoms with Gasteiger partial charge in [0.2, 0.25) is 0 Å². The van der Waals surface area contributed by atoms with E-state index in [0.717, 1.165) is 22.3 Å². The van der Waals surface area contributed by atoms with E-state index >= 15 is 0 Å². The van der Waals surface area contributed by atoms with E-state index in [4.69, 9.17) is 11.6 Å². The molecule has 2 aromatic rings. The van der Waals surface area contributed by atoms with Gasteiger partial charge < -0.3 is 0 Å². The molecule has 0 heterocycles. The Balaban J connectivity index is 1.83. The highest BCUT2D eigenvalue weighted by Crippen LogP contribution is 2.44. The summed E-state index contributed by atoms with van der Waals surface area (Å²) in [5, 5.41) is 0.852. The second-order valence-electron chi connectivity index (χ2n) is 5.00. The first-order valence-corrected chi connectivity index (χ1v) is 8.39. The molecule has 2 atom stereocenters. The van der Waals surface area contributed by atoms with Crippen LogP contribution in [-0.4, -0.2) is 0 Å². The van der Waals surface area contributed by atoms with E-state index in [1.54, 1.807) is 0 Å². The normalized spacial score (nSPS) is 21.4. The molecule has 0 fully saturated rings. The number of halogens is 3. The molecular formula is C16H13Br2Cl. The summed E-state index contributed by atoms with van der Waals surface area (Å²) >= 11 is 13.6. The standard InChI is InChI=1S/C16H13Br2Cl/c17-13-6-5-11(15(19)9-13)8-12-7-10-3-1-2-4-14(10)16(12)18/h1-6,9,12,16H,7-8H2. The quantitative estimate of drug-likeness (QED) is 0.546. The van der Waals surface area contributed by atoms with Crippen LogP contribution < -0.4 is 0 Å². The van der Waals surface area contributed by atoms with Gasteiger partial charge in [0, 0.05) is 14.3 Å². The fourth-order valence-corrected chi connectivity index (χ4v) is 4.35. The first-order chi connectivity index (χ1) is 9.15. The summed E-state index contributed by atoms with van der Waals surface area (Å²) in [5.74, 6) is 0.580. The van der Waals surface area contributed by atoms with Crippen LogP contribution in [0.2, 0.25) is 5.02 Å². The number of benzene rings is 2. The molecule has 98 valence electrons. The van der Waals surface area contributed by atoms with Crippen LogP contribution in [0.3, 0.4) is 0 Å². The number of fused-ring (bicyclic) bond motifs is 1. The highest BCUT2D eigenvalue weighted by Gasteiger charge is 2.30. The molecule has 2 aromatic carbocycles. The molecular weight excluding hydrogens is 387 g/mol. The zero-order valence-electron chi connectivity index (χ0n) is 10.2. The molecule has 0 radical (unpaired) electrons. The van der Waals surface area contributed by atoms with Gasteiger partial charge in [0.1, 0.15) is 0 Å². The molecule has 0 spiro atoms. The Hall–Kier alpha value is -0.310. The van der Waals surface area contributed by atoms with E-state index in [0.29, 0.717) is 10.7 Å². The van der Waals surface area contributed by atoms with Crippen molar-refractivity contribution in [2.24, 2.45) is 5.92 Å². The molecule has 1 aliphatic rings. The molecule has 0 saturated carbocycles. The summed E-state index contributed by atoms with van der Waals surface area (Å²) in [5.41, 5.74) is 4.12. The van der Waals surface area contributed by atoms with E-state index < -0.39 is 0 Å². The van der Waals surface area contributed by atoms with Crippen molar-refractivity contribution in [3.63, 3.8) is 0 Å². The zero-order valence-corrected chi connectivity index (χ0v) is 14.2. The maximum absolute atomic E-state index is 6.32. The van der Waals surface area contributed by atoms with Crippen molar-refractivity contribution in [1.29, 1.82) is 0 Å². The van der Waals surface area contributed by atoms with E-state index in [1.807, 2.05) is 6.07 Å². The smallest absolute Gasteiger partial charge is 0.0449 e. The van der Waals surface area contributed by atoms with Crippen LogP contribution in [0.15, 0.2) is 46.9 Å². The fraction of sp³-hybridized carbons (Fsp3) is 0.250. The van der Waals surface area contributed by atoms with Crippen LogP contribution in [-0.2, 0) is 12.8 Å². The molecule has 0 bridgehead atoms. The number of hydrogen-bond donors (Lipinski definition) is 0. The molecule has 3 rings (SSSR count). The van der Waals surface area contributed by atoms with Crippen molar-refractivity contribution in [1.82, 2.24) is 0 Å². The Kier molecular flexibility index (Phi) is 4.02. The number of alkyl halides is 1. The monoisotopic (exact) mass is 398 g/mol. The van der Waals surface area contributed by atoms with Crippen molar-refractivity contribution in [3.05, 3.63) is 68.7 Å². The van der Waals surface area contributed by atoms with Crippen LogP contribution in [0.25, 0.3) is 0 Å². The van der Waals surface area contributed by atoms with Crippen molar-refractivity contribution in [2.75, 3.05) is 0 Å². The molecule has 0 saturated heterocycles. The lowest BCUT2D eigenvalue weighted by Crippen LogP contribution is -2.06. The second kappa shape index (κ2) is 5.59. The molecule has 0 N–H and O–H groups in total. The van der Waals surface area contributed by atoms with Crippen LogP contribution in [0, 0.1) is 5.92 Å². The first-order valence-electron chi connectivity index (χ1n) is 6.31. The van der Waals surface area contributed by atoms with Crippen LogP contribution in [0.1, 0.15) is 21.5 Å². The van der Waals surface area contributed by atoms with Gasteiger partial charge in [0.25, 0.3) is 0 Å². The average Bonchev–Trinajstić information content (AvgIpc) is 2.70. The van der Waals surface area contributed by atoms with Gasteiger partial charge in [-0.2, -0.15) is 0 Å². The maximum Gasteiger partial charge on any atom is 0.0449 e. The minimum atomic E-state index is 0.434. The van der Waals surface area contributed by atoms with Gasteiger partial charge in [0.05, 0.1) is 0 Å². The largest absolute Gasteiger partial charge is 0.0840 e. The van der Waals surface area contributed by atoms with Gasteiger partial charge in [-0.3, -0.25) is 0 Å². The van der Waals surface area contributed by atoms with Crippen molar-refractivity contribution >= 4 is 43.5 Å². The first kappa shape index (κ1) is 13.7. The fourth-order valence-electron chi connectivity index (χ4n) is 2.77. The molecule has 0 aromatic heterocycles. The molecule has 1 aliphatic carbocycles. The SMILES string of the molecule is Clc1cc(Br)ccc1CC1Cc2ccccc2C1Br. The predicted molar refractivity (Wildman–Crippen MR) is 88.2 cm³/mol. The second-order valence-corrected chi connectivity index (χ2v) is 7.31. The lowest BCUT2D eigenvalue weighted by atomic mass is 9.96. The average molecular weight is 401 g/mol. The van der Waals surface area contributed by atoms with Crippen molar-refractivity contribution in [3.8, 4) is 0 Å². The summed E-state index contributed by atoms with van der Waals surface area (Å²) in [6.07, 6.45) is 2.13. The Morgan fingerprint density at radius 1 is 1.16 bits per heavy atom. The predicted octanol–water partition coefficient (Wildman–Crippen LogP) is 5.95. The molecule has 0 nitrogen and oxygen atoms in total. The zero-order chi connectivity index (χ0) is 13.4. The Morgan fingerprint density at radius 3 is 2.68 bits per heavy atom. The van der Waals surface area contributed by atoms with E-state index in [1.165, 1.54) is 16.7 Å². The minimum Gasteiger partial charge on any atom is -0.0840 e. The summed E-state index contributed by atoms with van der Waals surface area (Å²) in [7, 11) is 0. The van der Waals surface area contributed by atoms with Crippen LogP contribution >= 0.6 is 43.5 Å². The molecule has 2 unspecified atom stereocenters. The third kappa shape index (κ3) is 2.76. The van der Waals surface area contributed by atoms with Gasteiger partial charge in [-0.25, -0.2) is 0 Å². The van der Waals surface area contributed by atoms with Gasteiger partial charge in [-0.05, 0) is 47.6 Å². The molecule has 0 aliphatic heterocycles. The van der Waals surface area contributed by atoms with Gasteiger partial charge >= 0.3 is 0 Å². The summed E-state index contributed by atoms with van der Waals surface area (Å²) in [4.78, 5) is 0.434. The van der Waals surface area contributed by atoms with Crippen LogP contribution in [0.5, 0.6) is 0 Å². The number of hydrogen-bond acceptors (Lipinski definition) is 0. The number of rotatable bonds is 2. The lowest BCUT2D eigenvalue weighted by molar-refractivity contribution is 0.555. The van der Waals surface area contributed by atoms with E-state index in [9.17, 15) is 0 Å². The Morgan fingerprint density at radius 2 is 1.95 bits per heavy atom. The van der Waals surface area contributed by atoms with Gasteiger partial charge in [-0.15, -0.1) is 0 Å². The van der Waals surface area contributed by atoms with E-state index in [2.05, 4.69) is 68.3 Å². The minimum absolute atomic E-state index is 0.434. The highest BCUT2D eigenvalue weighted by molar-refractivity contribution is 9.10. The molecule has 0 amide bonds. The lowest BCUT2D eigenvalue weighted by Gasteiger charge is -2.15. The van der Waals surface area contributed by atoms with Crippen molar-refractivity contribution < 1.29 is 0 Å². The van der Waals surface area contributed by atoms with Gasteiger partial charge in [0.15, 0.2) is 0 Å². The third-order valence-corrected chi connectivity index (χ3v) is 5.83. The topological polar surface area (TPSA) is 0 Å². The summed E-state index contributed by atoms with van der Waals surface area (Å²) in [6.45, 7) is 0. The Labute approximate surface area is 135 Å². The third-order valence-electron chi connectivity index (χ3n) is 3.75. The van der Waals surface area contributed by atoms with E-state index in [-0.39, 0.29) is 0 Å². The molecule has 19 heavy (non-hydrogen) atoms. The summed E-state index contributed by atoms with van der Waals surface area (Å²) < 4.78 is 1.03.